The van der Waals surface area contributed by atoms with Crippen molar-refractivity contribution in [2.75, 3.05) is 0 Å². The van der Waals surface area contributed by atoms with Crippen LogP contribution in [-0.2, 0) is 4.79 Å². The number of aromatic nitrogens is 2. The molecule has 1 N–H and O–H groups in total. The lowest BCUT2D eigenvalue weighted by Gasteiger charge is -1.86. The Labute approximate surface area is 88.8 Å². The second kappa shape index (κ2) is 4.05. The molecule has 0 unspecified atom stereocenters. The number of nitrogens with zero attached hydrogens (tertiary/aromatic N) is 2. The lowest BCUT2D eigenvalue weighted by molar-refractivity contribution is -0.131. The second-order valence-electron chi connectivity index (χ2n) is 2.66. The molecule has 76 valence electrons. The number of furan rings is 1. The minimum absolute atomic E-state index is 0.473. The topological polar surface area (TPSA) is 76.2 Å². The molecule has 0 saturated carbocycles. The van der Waals surface area contributed by atoms with E-state index in [-0.39, 0.29) is 0 Å². The smallest absolute Gasteiger partial charge is 0.328 e. The summed E-state index contributed by atoms with van der Waals surface area (Å²) in [6.45, 7) is 0. The highest BCUT2D eigenvalue weighted by molar-refractivity contribution is 7.03. The molecule has 0 atom stereocenters. The molecule has 2 aromatic rings. The van der Waals surface area contributed by atoms with E-state index < -0.39 is 5.97 Å². The summed E-state index contributed by atoms with van der Waals surface area (Å²) in [5.41, 5.74) is 0.648. The number of aliphatic carboxylic acids is 1. The summed E-state index contributed by atoms with van der Waals surface area (Å²) >= 11 is 1.23. The summed E-state index contributed by atoms with van der Waals surface area (Å²) in [6.07, 6.45) is 2.40. The van der Waals surface area contributed by atoms with Crippen molar-refractivity contribution in [1.82, 2.24) is 9.59 Å². The van der Waals surface area contributed by atoms with Gasteiger partial charge in [0.05, 0.1) is 0 Å². The van der Waals surface area contributed by atoms with Crippen molar-refractivity contribution in [1.29, 1.82) is 0 Å². The Morgan fingerprint density at radius 2 is 2.40 bits per heavy atom. The first-order valence-corrected chi connectivity index (χ1v) is 4.87. The molecule has 0 saturated heterocycles. The van der Waals surface area contributed by atoms with Crippen LogP contribution in [0.2, 0.25) is 0 Å². The number of carbonyl (C=O) groups is 1. The van der Waals surface area contributed by atoms with Crippen LogP contribution < -0.4 is 0 Å². The molecule has 0 spiro atoms. The highest BCUT2D eigenvalue weighted by Gasteiger charge is 2.05. The van der Waals surface area contributed by atoms with E-state index in [4.69, 9.17) is 9.52 Å². The van der Waals surface area contributed by atoms with Gasteiger partial charge in [0, 0.05) is 11.5 Å². The first kappa shape index (κ1) is 9.60. The predicted octanol–water partition coefficient (Wildman–Crippen LogP) is 1.90. The average Bonchev–Trinajstić information content (AvgIpc) is 2.85. The molecule has 5 nitrogen and oxygen atoms in total. The summed E-state index contributed by atoms with van der Waals surface area (Å²) in [7, 11) is 0. The molecule has 0 bridgehead atoms. The minimum atomic E-state index is -1.01. The molecule has 0 fully saturated rings. The average molecular weight is 222 g/mol. The first-order valence-electron chi connectivity index (χ1n) is 4.04. The van der Waals surface area contributed by atoms with Crippen molar-refractivity contribution in [2.24, 2.45) is 0 Å². The summed E-state index contributed by atoms with van der Waals surface area (Å²) in [5, 5.41) is 14.0. The van der Waals surface area contributed by atoms with Crippen molar-refractivity contribution in [2.45, 2.75) is 0 Å². The molecule has 0 aromatic carbocycles. The quantitative estimate of drug-likeness (QED) is 0.802. The van der Waals surface area contributed by atoms with Crippen molar-refractivity contribution >= 4 is 23.6 Å². The van der Waals surface area contributed by atoms with Gasteiger partial charge in [-0.15, -0.1) is 5.10 Å². The highest BCUT2D eigenvalue weighted by Crippen LogP contribution is 2.21. The maximum Gasteiger partial charge on any atom is 0.328 e. The third kappa shape index (κ3) is 2.29. The Bertz CT molecular complexity index is 487. The number of carboxylic acids is 1. The first-order chi connectivity index (χ1) is 7.25. The molecule has 2 heterocycles. The molecule has 0 aliphatic heterocycles. The van der Waals surface area contributed by atoms with E-state index in [9.17, 15) is 4.79 Å². The maximum absolute atomic E-state index is 10.3. The SMILES string of the molecule is O=C(O)C=Cc1ccc(-c2csnn2)o1. The molecule has 0 aliphatic carbocycles. The number of hydrogen-bond acceptors (Lipinski definition) is 5. The van der Waals surface area contributed by atoms with E-state index in [1.807, 2.05) is 0 Å². The van der Waals surface area contributed by atoms with E-state index in [1.54, 1.807) is 17.5 Å². The molecule has 6 heteroatoms. The zero-order chi connectivity index (χ0) is 10.7. The van der Waals surface area contributed by atoms with Crippen LogP contribution in [-0.4, -0.2) is 20.7 Å². The van der Waals surface area contributed by atoms with Crippen LogP contribution in [0.1, 0.15) is 5.76 Å². The van der Waals surface area contributed by atoms with Crippen molar-refractivity contribution in [3.63, 3.8) is 0 Å². The lowest BCUT2D eigenvalue weighted by atomic mass is 10.3. The fraction of sp³-hybridized carbons (Fsp3) is 0. The van der Waals surface area contributed by atoms with E-state index in [0.717, 1.165) is 6.08 Å². The van der Waals surface area contributed by atoms with Crippen LogP contribution in [0.5, 0.6) is 0 Å². The highest BCUT2D eigenvalue weighted by atomic mass is 32.1. The number of hydrogen-bond donors (Lipinski definition) is 1. The molecule has 2 aromatic heterocycles. The van der Waals surface area contributed by atoms with Gasteiger partial charge in [0.2, 0.25) is 0 Å². The van der Waals surface area contributed by atoms with Gasteiger partial charge in [-0.25, -0.2) is 4.79 Å². The van der Waals surface area contributed by atoms with Crippen molar-refractivity contribution in [3.8, 4) is 11.5 Å². The summed E-state index contributed by atoms with van der Waals surface area (Å²) in [4.78, 5) is 10.3. The Kier molecular flexibility index (Phi) is 2.59. The monoisotopic (exact) mass is 222 g/mol. The lowest BCUT2D eigenvalue weighted by Crippen LogP contribution is -1.84. The minimum Gasteiger partial charge on any atom is -0.478 e. The van der Waals surface area contributed by atoms with Crippen LogP contribution in [0.25, 0.3) is 17.5 Å². The number of rotatable bonds is 3. The fourth-order valence-electron chi connectivity index (χ4n) is 1.01. The van der Waals surface area contributed by atoms with E-state index >= 15 is 0 Å². The molecule has 15 heavy (non-hydrogen) atoms. The third-order valence-corrected chi connectivity index (χ3v) is 2.13. The van der Waals surface area contributed by atoms with Gasteiger partial charge < -0.3 is 9.52 Å². The molecule has 0 radical (unpaired) electrons. The summed E-state index contributed by atoms with van der Waals surface area (Å²) in [5.74, 6) is 0.0393. The molecule has 0 amide bonds. The second-order valence-corrected chi connectivity index (χ2v) is 3.27. The standard InChI is InChI=1S/C9H6N2O3S/c12-9(13)4-2-6-1-3-8(14-6)7-5-15-11-10-7/h1-5H,(H,12,13). The third-order valence-electron chi connectivity index (χ3n) is 1.63. The van der Waals surface area contributed by atoms with Gasteiger partial charge in [-0.3, -0.25) is 0 Å². The normalized spacial score (nSPS) is 10.9. The predicted molar refractivity (Wildman–Crippen MR) is 54.3 cm³/mol. The summed E-state index contributed by atoms with van der Waals surface area (Å²) in [6, 6.07) is 3.40. The molecule has 2 rings (SSSR count). The Morgan fingerprint density at radius 3 is 3.07 bits per heavy atom. The van der Waals surface area contributed by atoms with Crippen LogP contribution in [0.4, 0.5) is 0 Å². The zero-order valence-corrected chi connectivity index (χ0v) is 8.27. The fourth-order valence-corrected chi connectivity index (χ4v) is 1.45. The van der Waals surface area contributed by atoms with E-state index in [2.05, 4.69) is 9.59 Å². The van der Waals surface area contributed by atoms with Crippen LogP contribution in [0.15, 0.2) is 28.0 Å². The Balaban J connectivity index is 2.21. The van der Waals surface area contributed by atoms with Crippen molar-refractivity contribution in [3.05, 3.63) is 29.3 Å². The maximum atomic E-state index is 10.3. The van der Waals surface area contributed by atoms with Gasteiger partial charge in [0.1, 0.15) is 11.5 Å². The van der Waals surface area contributed by atoms with Gasteiger partial charge in [-0.1, -0.05) is 4.49 Å². The van der Waals surface area contributed by atoms with Crippen molar-refractivity contribution < 1.29 is 14.3 Å². The summed E-state index contributed by atoms with van der Waals surface area (Å²) < 4.78 is 9.03. The Hall–Kier alpha value is -1.95. The van der Waals surface area contributed by atoms with Crippen LogP contribution in [0.3, 0.4) is 0 Å². The van der Waals surface area contributed by atoms with E-state index in [0.29, 0.717) is 17.2 Å². The van der Waals surface area contributed by atoms with Crippen LogP contribution in [0, 0.1) is 0 Å². The molecular formula is C9H6N2O3S. The zero-order valence-electron chi connectivity index (χ0n) is 7.45. The molecular weight excluding hydrogens is 216 g/mol. The van der Waals surface area contributed by atoms with Crippen LogP contribution >= 0.6 is 11.5 Å². The Morgan fingerprint density at radius 1 is 1.53 bits per heavy atom. The largest absolute Gasteiger partial charge is 0.478 e. The van der Waals surface area contributed by atoms with E-state index in [1.165, 1.54) is 17.6 Å². The van der Waals surface area contributed by atoms with Gasteiger partial charge in [0.25, 0.3) is 0 Å². The van der Waals surface area contributed by atoms with Gasteiger partial charge in [0.15, 0.2) is 5.76 Å². The van der Waals surface area contributed by atoms with Gasteiger partial charge in [-0.2, -0.15) is 0 Å². The van der Waals surface area contributed by atoms with Gasteiger partial charge >= 0.3 is 5.97 Å². The van der Waals surface area contributed by atoms with Gasteiger partial charge in [-0.05, 0) is 29.7 Å². The number of carboxylic acid groups (broad SMARTS) is 1. The molecule has 0 aliphatic rings.